The Balaban J connectivity index is 2.36. The van der Waals surface area contributed by atoms with Crippen molar-refractivity contribution in [2.24, 2.45) is 0 Å². The van der Waals surface area contributed by atoms with Gasteiger partial charge in [-0.25, -0.2) is 8.42 Å². The van der Waals surface area contributed by atoms with Crippen LogP contribution in [-0.2, 0) is 10.0 Å². The van der Waals surface area contributed by atoms with Gasteiger partial charge >= 0.3 is 0 Å². The lowest BCUT2D eigenvalue weighted by Gasteiger charge is -2.37. The molecule has 1 saturated heterocycles. The van der Waals surface area contributed by atoms with E-state index in [2.05, 4.69) is 5.32 Å². The van der Waals surface area contributed by atoms with Crippen LogP contribution in [0.15, 0.2) is 29.2 Å². The lowest BCUT2D eigenvalue weighted by atomic mass is 10.2. The van der Waals surface area contributed by atoms with Crippen molar-refractivity contribution in [3.63, 3.8) is 0 Å². The van der Waals surface area contributed by atoms with Crippen molar-refractivity contribution in [1.29, 1.82) is 0 Å². The van der Waals surface area contributed by atoms with Gasteiger partial charge in [0.1, 0.15) is 0 Å². The van der Waals surface area contributed by atoms with E-state index < -0.39 is 10.0 Å². The van der Waals surface area contributed by atoms with E-state index in [-0.39, 0.29) is 16.7 Å². The molecule has 0 amide bonds. The zero-order chi connectivity index (χ0) is 14.8. The molecule has 1 N–H and O–H groups in total. The Bertz CT molecular complexity index is 594. The molecule has 110 valence electrons. The third-order valence-electron chi connectivity index (χ3n) is 3.46. The monoisotopic (exact) mass is 296 g/mol. The van der Waals surface area contributed by atoms with Crippen LogP contribution >= 0.6 is 0 Å². The van der Waals surface area contributed by atoms with E-state index in [1.54, 1.807) is 22.5 Å². The van der Waals surface area contributed by atoms with E-state index >= 15 is 0 Å². The van der Waals surface area contributed by atoms with Crippen molar-refractivity contribution < 1.29 is 13.2 Å². The second kappa shape index (κ2) is 6.03. The Hall–Kier alpha value is -1.24. The van der Waals surface area contributed by atoms with E-state index in [9.17, 15) is 13.2 Å². The summed E-state index contributed by atoms with van der Waals surface area (Å²) in [5.41, 5.74) is 0.425. The number of sulfonamides is 1. The molecule has 1 heterocycles. The van der Waals surface area contributed by atoms with Crippen LogP contribution in [0, 0.1) is 0 Å². The Labute approximate surface area is 120 Å². The number of nitrogens with one attached hydrogen (secondary N) is 1. The van der Waals surface area contributed by atoms with Crippen molar-refractivity contribution >= 4 is 15.8 Å². The van der Waals surface area contributed by atoms with Gasteiger partial charge in [-0.15, -0.1) is 0 Å². The summed E-state index contributed by atoms with van der Waals surface area (Å²) in [6.07, 6.45) is 0.766. The Morgan fingerprint density at radius 2 is 2.10 bits per heavy atom. The summed E-state index contributed by atoms with van der Waals surface area (Å²) < 4.78 is 27.0. The SMILES string of the molecule is CCCN(C1CNC1)S(=O)(=O)c1cccc(C(C)=O)c1. The summed E-state index contributed by atoms with van der Waals surface area (Å²) in [7, 11) is -3.54. The van der Waals surface area contributed by atoms with Gasteiger partial charge in [0.2, 0.25) is 10.0 Å². The first-order valence-corrected chi connectivity index (χ1v) is 8.24. The molecule has 0 spiro atoms. The first-order valence-electron chi connectivity index (χ1n) is 6.80. The van der Waals surface area contributed by atoms with E-state index in [1.807, 2.05) is 6.92 Å². The smallest absolute Gasteiger partial charge is 0.243 e. The van der Waals surface area contributed by atoms with Crippen molar-refractivity contribution in [2.45, 2.75) is 31.2 Å². The summed E-state index contributed by atoms with van der Waals surface area (Å²) >= 11 is 0. The van der Waals surface area contributed by atoms with Crippen LogP contribution in [0.4, 0.5) is 0 Å². The highest BCUT2D eigenvalue weighted by molar-refractivity contribution is 7.89. The Morgan fingerprint density at radius 3 is 2.60 bits per heavy atom. The van der Waals surface area contributed by atoms with Crippen molar-refractivity contribution in [3.05, 3.63) is 29.8 Å². The molecule has 6 heteroatoms. The molecule has 1 aliphatic rings. The molecule has 0 radical (unpaired) electrons. The van der Waals surface area contributed by atoms with Crippen LogP contribution in [0.2, 0.25) is 0 Å². The number of carbonyl (C=O) groups is 1. The number of rotatable bonds is 6. The van der Waals surface area contributed by atoms with E-state index in [0.29, 0.717) is 25.2 Å². The standard InChI is InChI=1S/C14H20N2O3S/c1-3-7-16(13-9-15-10-13)20(18,19)14-6-4-5-12(8-14)11(2)17/h4-6,8,13,15H,3,7,9-10H2,1-2H3. The number of hydrogen-bond donors (Lipinski definition) is 1. The summed E-state index contributed by atoms with van der Waals surface area (Å²) in [5.74, 6) is -0.130. The van der Waals surface area contributed by atoms with Crippen LogP contribution in [0.25, 0.3) is 0 Å². The normalized spacial score (nSPS) is 16.1. The first-order chi connectivity index (χ1) is 9.46. The topological polar surface area (TPSA) is 66.5 Å². The molecule has 20 heavy (non-hydrogen) atoms. The van der Waals surface area contributed by atoms with Crippen LogP contribution in [0.5, 0.6) is 0 Å². The zero-order valence-corrected chi connectivity index (χ0v) is 12.6. The van der Waals surface area contributed by atoms with Gasteiger partial charge in [-0.2, -0.15) is 4.31 Å². The zero-order valence-electron chi connectivity index (χ0n) is 11.8. The minimum atomic E-state index is -3.54. The fourth-order valence-corrected chi connectivity index (χ4v) is 3.97. The quantitative estimate of drug-likeness (QED) is 0.803. The second-order valence-electron chi connectivity index (χ2n) is 5.01. The maximum absolute atomic E-state index is 12.7. The Morgan fingerprint density at radius 1 is 1.40 bits per heavy atom. The lowest BCUT2D eigenvalue weighted by molar-refractivity contribution is 0.101. The number of Topliss-reactive ketones (excluding diaryl/α,β-unsaturated/α-hetero) is 1. The maximum Gasteiger partial charge on any atom is 0.243 e. The Kier molecular flexibility index (Phi) is 4.57. The maximum atomic E-state index is 12.7. The molecular weight excluding hydrogens is 276 g/mol. The van der Waals surface area contributed by atoms with Gasteiger partial charge in [-0.1, -0.05) is 19.1 Å². The highest BCUT2D eigenvalue weighted by atomic mass is 32.2. The molecule has 0 unspecified atom stereocenters. The molecule has 1 fully saturated rings. The minimum Gasteiger partial charge on any atom is -0.313 e. The van der Waals surface area contributed by atoms with E-state index in [4.69, 9.17) is 0 Å². The van der Waals surface area contributed by atoms with E-state index in [0.717, 1.165) is 6.42 Å². The molecule has 1 aromatic carbocycles. The fourth-order valence-electron chi connectivity index (χ4n) is 2.21. The summed E-state index contributed by atoms with van der Waals surface area (Å²) in [4.78, 5) is 11.6. The van der Waals surface area contributed by atoms with Crippen molar-refractivity contribution in [2.75, 3.05) is 19.6 Å². The number of ketones is 1. The van der Waals surface area contributed by atoms with E-state index in [1.165, 1.54) is 13.0 Å². The van der Waals surface area contributed by atoms with Crippen molar-refractivity contribution in [1.82, 2.24) is 9.62 Å². The fraction of sp³-hybridized carbons (Fsp3) is 0.500. The van der Waals surface area contributed by atoms with Gasteiger partial charge in [0, 0.05) is 25.2 Å². The second-order valence-corrected chi connectivity index (χ2v) is 6.90. The predicted octanol–water partition coefficient (Wildman–Crippen LogP) is 1.26. The minimum absolute atomic E-state index is 0.0148. The largest absolute Gasteiger partial charge is 0.313 e. The van der Waals surface area contributed by atoms with Crippen LogP contribution in [0.3, 0.4) is 0 Å². The third-order valence-corrected chi connectivity index (χ3v) is 5.41. The summed E-state index contributed by atoms with van der Waals surface area (Å²) in [6.45, 7) is 5.27. The molecule has 1 aromatic rings. The molecule has 0 saturated carbocycles. The van der Waals surface area contributed by atoms with Gasteiger partial charge in [-0.05, 0) is 25.5 Å². The first kappa shape index (κ1) is 15.2. The molecule has 5 nitrogen and oxygen atoms in total. The lowest BCUT2D eigenvalue weighted by Crippen LogP contribution is -2.58. The third kappa shape index (κ3) is 2.92. The van der Waals surface area contributed by atoms with Crippen LogP contribution in [0.1, 0.15) is 30.6 Å². The van der Waals surface area contributed by atoms with Gasteiger partial charge in [0.25, 0.3) is 0 Å². The molecule has 0 bridgehead atoms. The molecular formula is C14H20N2O3S. The molecule has 1 aliphatic heterocycles. The summed E-state index contributed by atoms with van der Waals surface area (Å²) in [6, 6.07) is 6.28. The molecule has 2 rings (SSSR count). The van der Waals surface area contributed by atoms with Crippen LogP contribution < -0.4 is 5.32 Å². The van der Waals surface area contributed by atoms with Crippen LogP contribution in [-0.4, -0.2) is 44.2 Å². The molecule has 0 aliphatic carbocycles. The molecule has 0 aromatic heterocycles. The predicted molar refractivity (Wildman–Crippen MR) is 77.3 cm³/mol. The number of nitrogens with zero attached hydrogens (tertiary/aromatic N) is 1. The van der Waals surface area contributed by atoms with Gasteiger partial charge in [0.05, 0.1) is 10.9 Å². The van der Waals surface area contributed by atoms with Gasteiger partial charge < -0.3 is 5.32 Å². The average Bonchev–Trinajstić information content (AvgIpc) is 2.36. The number of benzene rings is 1. The van der Waals surface area contributed by atoms with Crippen molar-refractivity contribution in [3.8, 4) is 0 Å². The highest BCUT2D eigenvalue weighted by Crippen LogP contribution is 2.21. The van der Waals surface area contributed by atoms with Gasteiger partial charge in [-0.3, -0.25) is 4.79 Å². The average molecular weight is 296 g/mol. The number of hydrogen-bond acceptors (Lipinski definition) is 4. The van der Waals surface area contributed by atoms with Gasteiger partial charge in [0.15, 0.2) is 5.78 Å². The highest BCUT2D eigenvalue weighted by Gasteiger charge is 2.34. The number of carbonyl (C=O) groups excluding carboxylic acids is 1. The summed E-state index contributed by atoms with van der Waals surface area (Å²) in [5, 5.41) is 3.09. The molecule has 0 atom stereocenters.